The number of fused-ring (bicyclic) bond motifs is 1. The van der Waals surface area contributed by atoms with Crippen LogP contribution in [-0.2, 0) is 11.3 Å². The summed E-state index contributed by atoms with van der Waals surface area (Å²) >= 11 is 0. The van der Waals surface area contributed by atoms with Crippen LogP contribution in [0.2, 0.25) is 0 Å². The van der Waals surface area contributed by atoms with E-state index in [0.717, 1.165) is 17.1 Å². The molecule has 150 valence electrons. The minimum absolute atomic E-state index is 0.0258. The van der Waals surface area contributed by atoms with E-state index in [4.69, 9.17) is 9.47 Å². The maximum absolute atomic E-state index is 12.3. The highest BCUT2D eigenvalue weighted by Crippen LogP contribution is 2.32. The Kier molecular flexibility index (Phi) is 6.57. The van der Waals surface area contributed by atoms with Crippen LogP contribution in [0.1, 0.15) is 56.3 Å². The second-order valence-electron chi connectivity index (χ2n) is 7.89. The fourth-order valence-electron chi connectivity index (χ4n) is 3.34. The van der Waals surface area contributed by atoms with Crippen LogP contribution in [-0.4, -0.2) is 19.2 Å². The number of hydrogen-bond donors (Lipinski definition) is 2. The van der Waals surface area contributed by atoms with Gasteiger partial charge in [-0.15, -0.1) is 0 Å². The van der Waals surface area contributed by atoms with Gasteiger partial charge in [-0.25, -0.2) is 0 Å². The highest BCUT2D eigenvalue weighted by molar-refractivity contribution is 5.78. The zero-order chi connectivity index (χ0) is 20.1. The van der Waals surface area contributed by atoms with Crippen LogP contribution in [0.15, 0.2) is 42.5 Å². The van der Waals surface area contributed by atoms with Crippen molar-refractivity contribution in [1.29, 1.82) is 0 Å². The van der Waals surface area contributed by atoms with Gasteiger partial charge in [0.1, 0.15) is 0 Å². The van der Waals surface area contributed by atoms with Crippen molar-refractivity contribution in [2.45, 2.75) is 46.2 Å². The van der Waals surface area contributed by atoms with Crippen LogP contribution < -0.4 is 20.1 Å². The second-order valence-corrected chi connectivity index (χ2v) is 7.89. The molecule has 2 aromatic rings. The summed E-state index contributed by atoms with van der Waals surface area (Å²) in [6, 6.07) is 14.5. The van der Waals surface area contributed by atoms with E-state index in [1.807, 2.05) is 18.2 Å². The number of hydrogen-bond acceptors (Lipinski definition) is 4. The molecule has 0 radical (unpaired) electrons. The Morgan fingerprint density at radius 3 is 2.32 bits per heavy atom. The minimum Gasteiger partial charge on any atom is -0.454 e. The fraction of sp³-hybridized carbons (Fsp3) is 0.435. The summed E-state index contributed by atoms with van der Waals surface area (Å²) in [5.74, 6) is 2.35. The predicted molar refractivity (Wildman–Crippen MR) is 111 cm³/mol. The maximum Gasteiger partial charge on any atom is 0.234 e. The summed E-state index contributed by atoms with van der Waals surface area (Å²) in [6.07, 6.45) is 0. The quantitative estimate of drug-likeness (QED) is 0.720. The molecule has 0 unspecified atom stereocenters. The zero-order valence-electron chi connectivity index (χ0n) is 17.1. The van der Waals surface area contributed by atoms with Gasteiger partial charge < -0.3 is 20.1 Å². The molecule has 2 aromatic carbocycles. The van der Waals surface area contributed by atoms with Crippen LogP contribution in [0.5, 0.6) is 11.5 Å². The standard InChI is InChI=1S/C23H30N2O3/c1-15(2)18-6-8-19(9-7-18)23(16(3)4)25-13-22(26)24-12-17-5-10-20-21(11-17)28-14-27-20/h5-11,15-16,23,25H,12-14H2,1-4H3,(H,24,26)/t23-/m0/s1. The predicted octanol–water partition coefficient (Wildman–Crippen LogP) is 4.14. The molecule has 0 saturated carbocycles. The summed E-state index contributed by atoms with van der Waals surface area (Å²) in [5.41, 5.74) is 3.53. The Hall–Kier alpha value is -2.53. The van der Waals surface area contributed by atoms with Crippen LogP contribution in [0.3, 0.4) is 0 Å². The van der Waals surface area contributed by atoms with Gasteiger partial charge in [0.15, 0.2) is 11.5 Å². The maximum atomic E-state index is 12.3. The number of amides is 1. The third kappa shape index (κ3) is 5.04. The Morgan fingerprint density at radius 2 is 1.64 bits per heavy atom. The molecule has 0 bridgehead atoms. The van der Waals surface area contributed by atoms with Gasteiger partial charge in [0.25, 0.3) is 0 Å². The van der Waals surface area contributed by atoms with Crippen molar-refractivity contribution in [2.24, 2.45) is 5.92 Å². The molecule has 1 amide bonds. The van der Waals surface area contributed by atoms with Crippen molar-refractivity contribution in [3.05, 3.63) is 59.2 Å². The first-order chi connectivity index (χ1) is 13.4. The van der Waals surface area contributed by atoms with Crippen molar-refractivity contribution in [3.63, 3.8) is 0 Å². The van der Waals surface area contributed by atoms with Gasteiger partial charge in [0.2, 0.25) is 12.7 Å². The summed E-state index contributed by atoms with van der Waals surface area (Å²) < 4.78 is 10.7. The molecular weight excluding hydrogens is 352 g/mol. The Balaban J connectivity index is 1.52. The molecule has 2 N–H and O–H groups in total. The van der Waals surface area contributed by atoms with E-state index >= 15 is 0 Å². The van der Waals surface area contributed by atoms with Gasteiger partial charge in [0, 0.05) is 12.6 Å². The molecule has 1 heterocycles. The zero-order valence-corrected chi connectivity index (χ0v) is 17.1. The Bertz CT molecular complexity index is 800. The second kappa shape index (κ2) is 9.11. The first-order valence-electron chi connectivity index (χ1n) is 9.92. The van der Waals surface area contributed by atoms with E-state index in [1.54, 1.807) is 0 Å². The van der Waals surface area contributed by atoms with Crippen LogP contribution in [0, 0.1) is 5.92 Å². The largest absolute Gasteiger partial charge is 0.454 e. The summed E-state index contributed by atoms with van der Waals surface area (Å²) in [5, 5.41) is 6.37. The molecular formula is C23H30N2O3. The van der Waals surface area contributed by atoms with Crippen molar-refractivity contribution in [2.75, 3.05) is 13.3 Å². The number of rotatable bonds is 8. The summed E-state index contributed by atoms with van der Waals surface area (Å²) in [6.45, 7) is 9.71. The number of carbonyl (C=O) groups is 1. The molecule has 0 aromatic heterocycles. The van der Waals surface area contributed by atoms with Crippen LogP contribution in [0.4, 0.5) is 0 Å². The average molecular weight is 383 g/mol. The molecule has 0 aliphatic carbocycles. The molecule has 5 nitrogen and oxygen atoms in total. The molecule has 3 rings (SSSR count). The third-order valence-corrected chi connectivity index (χ3v) is 5.04. The molecule has 1 aliphatic rings. The van der Waals surface area contributed by atoms with E-state index < -0.39 is 0 Å². The number of benzene rings is 2. The number of carbonyl (C=O) groups excluding carboxylic acids is 1. The lowest BCUT2D eigenvalue weighted by atomic mass is 9.93. The van der Waals surface area contributed by atoms with Gasteiger partial charge in [-0.3, -0.25) is 4.79 Å². The van der Waals surface area contributed by atoms with Crippen molar-refractivity contribution < 1.29 is 14.3 Å². The molecule has 1 aliphatic heterocycles. The van der Waals surface area contributed by atoms with Gasteiger partial charge >= 0.3 is 0 Å². The lowest BCUT2D eigenvalue weighted by Crippen LogP contribution is -2.37. The van der Waals surface area contributed by atoms with Crippen LogP contribution >= 0.6 is 0 Å². The average Bonchev–Trinajstić information content (AvgIpc) is 3.14. The highest BCUT2D eigenvalue weighted by Gasteiger charge is 2.17. The van der Waals surface area contributed by atoms with Gasteiger partial charge in [-0.1, -0.05) is 58.0 Å². The van der Waals surface area contributed by atoms with Gasteiger partial charge in [0.05, 0.1) is 6.54 Å². The SMILES string of the molecule is CC(C)c1ccc([C@@H](NCC(=O)NCc2ccc3c(c2)OCO3)C(C)C)cc1. The van der Waals surface area contributed by atoms with Crippen molar-refractivity contribution in [1.82, 2.24) is 10.6 Å². The molecule has 0 fully saturated rings. The van der Waals surface area contributed by atoms with E-state index in [9.17, 15) is 4.79 Å². The summed E-state index contributed by atoms with van der Waals surface area (Å²) in [7, 11) is 0. The lowest BCUT2D eigenvalue weighted by Gasteiger charge is -2.23. The van der Waals surface area contributed by atoms with Crippen LogP contribution in [0.25, 0.3) is 0 Å². The van der Waals surface area contributed by atoms with Crippen molar-refractivity contribution in [3.8, 4) is 11.5 Å². The molecule has 0 spiro atoms. The van der Waals surface area contributed by atoms with Crippen molar-refractivity contribution >= 4 is 5.91 Å². The molecule has 28 heavy (non-hydrogen) atoms. The fourth-order valence-corrected chi connectivity index (χ4v) is 3.34. The lowest BCUT2D eigenvalue weighted by molar-refractivity contribution is -0.120. The minimum atomic E-state index is -0.0258. The third-order valence-electron chi connectivity index (χ3n) is 5.04. The van der Waals surface area contributed by atoms with E-state index in [2.05, 4.69) is 62.6 Å². The van der Waals surface area contributed by atoms with E-state index in [-0.39, 0.29) is 25.3 Å². The van der Waals surface area contributed by atoms with E-state index in [1.165, 1.54) is 11.1 Å². The van der Waals surface area contributed by atoms with Gasteiger partial charge in [-0.05, 0) is 40.7 Å². The molecule has 5 heteroatoms. The van der Waals surface area contributed by atoms with E-state index in [0.29, 0.717) is 18.4 Å². The smallest absolute Gasteiger partial charge is 0.234 e. The first-order valence-corrected chi connectivity index (χ1v) is 9.92. The highest BCUT2D eigenvalue weighted by atomic mass is 16.7. The van der Waals surface area contributed by atoms with Gasteiger partial charge in [-0.2, -0.15) is 0 Å². The normalized spacial score (nSPS) is 13.8. The number of ether oxygens (including phenoxy) is 2. The Labute approximate surface area is 167 Å². The topological polar surface area (TPSA) is 59.6 Å². The molecule has 0 saturated heterocycles. The monoisotopic (exact) mass is 382 g/mol. The first kappa shape index (κ1) is 20.2. The number of nitrogens with one attached hydrogen (secondary N) is 2. The summed E-state index contributed by atoms with van der Waals surface area (Å²) in [4.78, 5) is 12.3. The Morgan fingerprint density at radius 1 is 0.964 bits per heavy atom. The molecule has 1 atom stereocenters.